The van der Waals surface area contributed by atoms with Crippen molar-refractivity contribution >= 4 is 22.7 Å². The second-order valence-corrected chi connectivity index (χ2v) is 5.98. The normalized spacial score (nSPS) is 11.2. The number of aromatic nitrogens is 3. The van der Waals surface area contributed by atoms with E-state index in [1.165, 1.54) is 5.56 Å². The molecule has 0 aliphatic carbocycles. The maximum absolute atomic E-state index is 11.7. The first-order valence-electron chi connectivity index (χ1n) is 6.55. The minimum Gasteiger partial charge on any atom is -0.423 e. The lowest BCUT2D eigenvalue weighted by Gasteiger charge is -2.07. The summed E-state index contributed by atoms with van der Waals surface area (Å²) in [5.74, 6) is 0.650. The van der Waals surface area contributed by atoms with Gasteiger partial charge in [0.2, 0.25) is 0 Å². The van der Waals surface area contributed by atoms with E-state index in [2.05, 4.69) is 23.2 Å². The van der Waals surface area contributed by atoms with Crippen LogP contribution in [-0.2, 0) is 12.8 Å². The van der Waals surface area contributed by atoms with Crippen LogP contribution in [0.2, 0.25) is 0 Å². The number of fused-ring (bicyclic) bond motifs is 1. The Bertz CT molecular complexity index is 867. The Morgan fingerprint density at radius 3 is 2.71 bits per heavy atom. The van der Waals surface area contributed by atoms with Crippen LogP contribution >= 0.6 is 11.8 Å². The highest BCUT2D eigenvalue weighted by Crippen LogP contribution is 2.26. The summed E-state index contributed by atoms with van der Waals surface area (Å²) in [7, 11) is 1.90. The van der Waals surface area contributed by atoms with Crippen molar-refractivity contribution in [3.8, 4) is 0 Å². The van der Waals surface area contributed by atoms with Crippen LogP contribution in [0.25, 0.3) is 11.0 Å². The van der Waals surface area contributed by atoms with E-state index < -0.39 is 0 Å². The van der Waals surface area contributed by atoms with Gasteiger partial charge < -0.3 is 8.98 Å². The molecule has 5 nitrogen and oxygen atoms in total. The van der Waals surface area contributed by atoms with Crippen molar-refractivity contribution in [1.29, 1.82) is 0 Å². The molecule has 21 heavy (non-hydrogen) atoms. The number of thioether (sulfide) groups is 1. The van der Waals surface area contributed by atoms with Crippen molar-refractivity contribution < 1.29 is 4.42 Å². The zero-order valence-electron chi connectivity index (χ0n) is 12.1. The second-order valence-electron chi connectivity index (χ2n) is 5.04. The molecule has 0 unspecified atom stereocenters. The van der Waals surface area contributed by atoms with E-state index in [0.717, 1.165) is 21.7 Å². The number of aryl methyl sites for hydroxylation is 3. The average molecular weight is 301 g/mol. The van der Waals surface area contributed by atoms with Gasteiger partial charge in [-0.05, 0) is 42.7 Å². The molecule has 1 aromatic carbocycles. The van der Waals surface area contributed by atoms with Crippen LogP contribution in [0.4, 0.5) is 0 Å². The van der Waals surface area contributed by atoms with Gasteiger partial charge in [0, 0.05) is 24.3 Å². The lowest BCUT2D eigenvalue weighted by Crippen LogP contribution is -2.01. The predicted molar refractivity (Wildman–Crippen MR) is 82.5 cm³/mol. The van der Waals surface area contributed by atoms with E-state index in [4.69, 9.17) is 4.42 Å². The SMILES string of the molecule is Cc1cc2oc(=O)cc(CSc3nncn3C)c2cc1C. The maximum atomic E-state index is 11.7. The Labute approximate surface area is 126 Å². The molecule has 0 aliphatic heterocycles. The topological polar surface area (TPSA) is 60.9 Å². The van der Waals surface area contributed by atoms with Crippen LogP contribution in [0.3, 0.4) is 0 Å². The highest BCUT2D eigenvalue weighted by Gasteiger charge is 2.10. The van der Waals surface area contributed by atoms with Gasteiger partial charge in [0.05, 0.1) is 0 Å². The standard InChI is InChI=1S/C15H15N3O2S/c1-9-4-12-11(7-21-15-17-16-8-18(15)3)6-14(19)20-13(12)5-10(9)2/h4-6,8H,7H2,1-3H3. The summed E-state index contributed by atoms with van der Waals surface area (Å²) in [6.45, 7) is 4.06. The maximum Gasteiger partial charge on any atom is 0.336 e. The molecule has 0 fully saturated rings. The lowest BCUT2D eigenvalue weighted by atomic mass is 10.0. The van der Waals surface area contributed by atoms with Crippen molar-refractivity contribution in [2.75, 3.05) is 0 Å². The van der Waals surface area contributed by atoms with Crippen molar-refractivity contribution in [3.05, 3.63) is 51.6 Å². The summed E-state index contributed by atoms with van der Waals surface area (Å²) in [6.07, 6.45) is 1.66. The van der Waals surface area contributed by atoms with Gasteiger partial charge in [-0.3, -0.25) is 0 Å². The lowest BCUT2D eigenvalue weighted by molar-refractivity contribution is 0.559. The minimum atomic E-state index is -0.320. The third kappa shape index (κ3) is 2.71. The molecule has 0 bridgehead atoms. The van der Waals surface area contributed by atoms with Crippen molar-refractivity contribution in [2.24, 2.45) is 7.05 Å². The van der Waals surface area contributed by atoms with Gasteiger partial charge in [0.1, 0.15) is 11.9 Å². The van der Waals surface area contributed by atoms with E-state index in [1.807, 2.05) is 24.6 Å². The summed E-state index contributed by atoms with van der Waals surface area (Å²) in [4.78, 5) is 11.7. The van der Waals surface area contributed by atoms with Crippen molar-refractivity contribution in [2.45, 2.75) is 24.8 Å². The Balaban J connectivity index is 2.03. The van der Waals surface area contributed by atoms with Crippen LogP contribution in [-0.4, -0.2) is 14.8 Å². The molecule has 3 rings (SSSR count). The summed E-state index contributed by atoms with van der Waals surface area (Å²) >= 11 is 1.55. The number of nitrogens with zero attached hydrogens (tertiary/aromatic N) is 3. The minimum absolute atomic E-state index is 0.320. The number of hydrogen-bond acceptors (Lipinski definition) is 5. The summed E-state index contributed by atoms with van der Waals surface area (Å²) < 4.78 is 7.16. The smallest absolute Gasteiger partial charge is 0.336 e. The van der Waals surface area contributed by atoms with Gasteiger partial charge in [-0.25, -0.2) is 4.79 Å². The highest BCUT2D eigenvalue weighted by atomic mass is 32.2. The first-order chi connectivity index (χ1) is 10.0. The molecule has 3 aromatic rings. The van der Waals surface area contributed by atoms with Gasteiger partial charge >= 0.3 is 5.63 Å². The third-order valence-electron chi connectivity index (χ3n) is 3.47. The number of benzene rings is 1. The van der Waals surface area contributed by atoms with Crippen LogP contribution in [0.5, 0.6) is 0 Å². The van der Waals surface area contributed by atoms with Crippen LogP contribution in [0.1, 0.15) is 16.7 Å². The third-order valence-corrected chi connectivity index (χ3v) is 4.55. The molecule has 0 spiro atoms. The average Bonchev–Trinajstić information content (AvgIpc) is 2.83. The molecule has 2 heterocycles. The van der Waals surface area contributed by atoms with Crippen molar-refractivity contribution in [3.63, 3.8) is 0 Å². The fourth-order valence-corrected chi connectivity index (χ4v) is 3.03. The van der Waals surface area contributed by atoms with E-state index >= 15 is 0 Å². The zero-order chi connectivity index (χ0) is 15.0. The van der Waals surface area contributed by atoms with Crippen LogP contribution < -0.4 is 5.63 Å². The summed E-state index contributed by atoms with van der Waals surface area (Å²) in [5.41, 5.74) is 3.57. The van der Waals surface area contributed by atoms with Gasteiger partial charge in [-0.15, -0.1) is 10.2 Å². The molecular formula is C15H15N3O2S. The molecular weight excluding hydrogens is 286 g/mol. The Morgan fingerprint density at radius 1 is 1.24 bits per heavy atom. The molecule has 0 N–H and O–H groups in total. The van der Waals surface area contributed by atoms with Gasteiger partial charge in [0.15, 0.2) is 5.16 Å². The quantitative estimate of drug-likeness (QED) is 0.550. The zero-order valence-corrected chi connectivity index (χ0v) is 12.9. The highest BCUT2D eigenvalue weighted by molar-refractivity contribution is 7.98. The number of hydrogen-bond donors (Lipinski definition) is 0. The van der Waals surface area contributed by atoms with Crippen molar-refractivity contribution in [1.82, 2.24) is 14.8 Å². The molecule has 2 aromatic heterocycles. The first-order valence-corrected chi connectivity index (χ1v) is 7.54. The van der Waals surface area contributed by atoms with E-state index in [0.29, 0.717) is 11.3 Å². The second kappa shape index (κ2) is 5.37. The molecule has 0 amide bonds. The van der Waals surface area contributed by atoms with Gasteiger partial charge in [0.25, 0.3) is 0 Å². The van der Waals surface area contributed by atoms with E-state index in [9.17, 15) is 4.79 Å². The summed E-state index contributed by atoms with van der Waals surface area (Å²) in [6, 6.07) is 5.54. The fraction of sp³-hybridized carbons (Fsp3) is 0.267. The molecule has 0 aliphatic rings. The molecule has 108 valence electrons. The molecule has 0 atom stereocenters. The Morgan fingerprint density at radius 2 is 2.00 bits per heavy atom. The number of rotatable bonds is 3. The first kappa shape index (κ1) is 13.9. The molecule has 0 radical (unpaired) electrons. The van der Waals surface area contributed by atoms with Crippen LogP contribution in [0, 0.1) is 13.8 Å². The largest absolute Gasteiger partial charge is 0.423 e. The van der Waals surface area contributed by atoms with Gasteiger partial charge in [-0.2, -0.15) is 0 Å². The van der Waals surface area contributed by atoms with E-state index in [-0.39, 0.29) is 5.63 Å². The monoisotopic (exact) mass is 301 g/mol. The van der Waals surface area contributed by atoms with E-state index in [1.54, 1.807) is 24.2 Å². The Kier molecular flexibility index (Phi) is 3.55. The molecule has 0 saturated carbocycles. The Hall–Kier alpha value is -2.08. The fourth-order valence-electron chi connectivity index (χ4n) is 2.15. The molecule has 6 heteroatoms. The van der Waals surface area contributed by atoms with Crippen LogP contribution in [0.15, 0.2) is 38.9 Å². The summed E-state index contributed by atoms with van der Waals surface area (Å²) in [5, 5.41) is 9.69. The molecule has 0 saturated heterocycles. The van der Waals surface area contributed by atoms with Gasteiger partial charge in [-0.1, -0.05) is 11.8 Å². The predicted octanol–water partition coefficient (Wildman–Crippen LogP) is 2.83.